The second-order valence-corrected chi connectivity index (χ2v) is 4.77. The molecule has 1 aromatic carbocycles. The Morgan fingerprint density at radius 3 is 2.82 bits per heavy atom. The fourth-order valence-corrected chi connectivity index (χ4v) is 2.29. The number of hydrogen-bond donors (Lipinski definition) is 2. The predicted octanol–water partition coefficient (Wildman–Crippen LogP) is 2.56. The summed E-state index contributed by atoms with van der Waals surface area (Å²) in [7, 11) is 0. The summed E-state index contributed by atoms with van der Waals surface area (Å²) in [5.74, 6) is -0.515. The molecule has 7 heteroatoms. The Labute approximate surface area is 132 Å². The van der Waals surface area contributed by atoms with Gasteiger partial charge in [-0.2, -0.15) is 0 Å². The molecule has 2 rings (SSSR count). The second kappa shape index (κ2) is 7.70. The summed E-state index contributed by atoms with van der Waals surface area (Å²) in [5.41, 5.74) is 1.86. The van der Waals surface area contributed by atoms with Gasteiger partial charge in [-0.1, -0.05) is 29.8 Å². The Hall–Kier alpha value is -2.21. The summed E-state index contributed by atoms with van der Waals surface area (Å²) in [6.07, 6.45) is 1.35. The fraction of sp³-hybridized carbons (Fsp3) is 0.333. The first-order chi connectivity index (χ1) is 10.7. The van der Waals surface area contributed by atoms with E-state index in [-0.39, 0.29) is 12.7 Å². The van der Waals surface area contributed by atoms with Crippen molar-refractivity contribution in [1.82, 2.24) is 10.3 Å². The number of alkyl halides is 1. The number of rotatable bonds is 6. The summed E-state index contributed by atoms with van der Waals surface area (Å²) in [4.78, 5) is 26.7. The van der Waals surface area contributed by atoms with Crippen molar-refractivity contribution in [1.29, 1.82) is 0 Å². The van der Waals surface area contributed by atoms with E-state index < -0.39 is 18.1 Å². The van der Waals surface area contributed by atoms with Crippen LogP contribution in [0, 0.1) is 0 Å². The highest BCUT2D eigenvalue weighted by molar-refractivity contribution is 6.17. The summed E-state index contributed by atoms with van der Waals surface area (Å²) < 4.78 is 9.60. The van der Waals surface area contributed by atoms with Crippen LogP contribution in [0.1, 0.15) is 12.5 Å². The second-order valence-electron chi connectivity index (χ2n) is 4.55. The van der Waals surface area contributed by atoms with Crippen LogP contribution in [0.2, 0.25) is 0 Å². The fourth-order valence-electron chi connectivity index (χ4n) is 2.19. The van der Waals surface area contributed by atoms with Gasteiger partial charge >= 0.3 is 12.1 Å². The Balaban J connectivity index is 2.17. The molecular formula is C15H17ClN2O4. The van der Waals surface area contributed by atoms with Crippen LogP contribution in [-0.4, -0.2) is 35.8 Å². The minimum absolute atomic E-state index is 0.232. The quantitative estimate of drug-likeness (QED) is 0.632. The number of benzene rings is 1. The maximum Gasteiger partial charge on any atom is 0.409 e. The number of esters is 1. The number of para-hydroxylation sites is 1. The van der Waals surface area contributed by atoms with Gasteiger partial charge in [-0.15, -0.1) is 0 Å². The van der Waals surface area contributed by atoms with E-state index in [1.54, 1.807) is 6.92 Å². The Kier molecular flexibility index (Phi) is 5.66. The number of amides is 1. The number of carbonyl (C=O) groups excluding carboxylic acids is 2. The number of carbonyl (C=O) groups is 2. The molecule has 0 saturated heterocycles. The van der Waals surface area contributed by atoms with Crippen molar-refractivity contribution in [2.45, 2.75) is 19.4 Å². The molecule has 0 aliphatic heterocycles. The van der Waals surface area contributed by atoms with Crippen molar-refractivity contribution in [2.75, 3.05) is 12.7 Å². The van der Waals surface area contributed by atoms with E-state index in [0.717, 1.165) is 16.5 Å². The van der Waals surface area contributed by atoms with Gasteiger partial charge < -0.3 is 19.8 Å². The molecule has 2 N–H and O–H groups in total. The lowest BCUT2D eigenvalue weighted by atomic mass is 10.1. The lowest BCUT2D eigenvalue weighted by Crippen LogP contribution is -2.43. The van der Waals surface area contributed by atoms with Crippen LogP contribution >= 0.6 is 11.6 Å². The zero-order valence-electron chi connectivity index (χ0n) is 12.1. The van der Waals surface area contributed by atoms with E-state index >= 15 is 0 Å². The van der Waals surface area contributed by atoms with Crippen molar-refractivity contribution in [3.8, 4) is 0 Å². The van der Waals surface area contributed by atoms with Crippen LogP contribution in [0.3, 0.4) is 0 Å². The summed E-state index contributed by atoms with van der Waals surface area (Å²) in [5, 5.41) is 3.46. The largest absolute Gasteiger partial charge is 0.464 e. The highest BCUT2D eigenvalue weighted by Crippen LogP contribution is 2.19. The van der Waals surface area contributed by atoms with E-state index in [1.807, 2.05) is 30.5 Å². The van der Waals surface area contributed by atoms with Crippen molar-refractivity contribution in [3.63, 3.8) is 0 Å². The number of ether oxygens (including phenoxy) is 2. The highest BCUT2D eigenvalue weighted by atomic mass is 35.5. The van der Waals surface area contributed by atoms with Crippen molar-refractivity contribution < 1.29 is 19.1 Å². The van der Waals surface area contributed by atoms with E-state index in [4.69, 9.17) is 16.3 Å². The lowest BCUT2D eigenvalue weighted by molar-refractivity contribution is -0.145. The minimum Gasteiger partial charge on any atom is -0.464 e. The molecule has 1 aromatic heterocycles. The topological polar surface area (TPSA) is 80.4 Å². The Morgan fingerprint density at radius 1 is 1.32 bits per heavy atom. The van der Waals surface area contributed by atoms with Crippen molar-refractivity contribution >= 4 is 34.6 Å². The number of H-pyrrole nitrogens is 1. The average molecular weight is 325 g/mol. The number of halogens is 1. The number of aromatic nitrogens is 1. The number of aromatic amines is 1. The Morgan fingerprint density at radius 2 is 2.09 bits per heavy atom. The minimum atomic E-state index is -0.838. The molecule has 1 atom stereocenters. The average Bonchev–Trinajstić information content (AvgIpc) is 2.90. The van der Waals surface area contributed by atoms with Crippen LogP contribution in [0.25, 0.3) is 10.9 Å². The SMILES string of the molecule is CCOC(=O)[C@H](Cc1c[nH]c2ccccc12)NC(=O)OCCl. The van der Waals surface area contributed by atoms with Crippen LogP contribution < -0.4 is 5.32 Å². The molecule has 0 aliphatic rings. The number of fused-ring (bicyclic) bond motifs is 1. The summed E-state index contributed by atoms with van der Waals surface area (Å²) >= 11 is 5.34. The van der Waals surface area contributed by atoms with Gasteiger partial charge in [0, 0.05) is 23.5 Å². The third-order valence-corrected chi connectivity index (χ3v) is 3.26. The van der Waals surface area contributed by atoms with Crippen LogP contribution in [0.5, 0.6) is 0 Å². The lowest BCUT2D eigenvalue weighted by Gasteiger charge is -2.16. The zero-order valence-corrected chi connectivity index (χ0v) is 12.9. The molecular weight excluding hydrogens is 308 g/mol. The van der Waals surface area contributed by atoms with Crippen molar-refractivity contribution in [3.05, 3.63) is 36.0 Å². The molecule has 0 spiro atoms. The molecule has 2 aromatic rings. The smallest absolute Gasteiger partial charge is 0.409 e. The summed E-state index contributed by atoms with van der Waals surface area (Å²) in [6, 6.07) is 6.59. The third-order valence-electron chi connectivity index (χ3n) is 3.15. The Bertz CT molecular complexity index is 656. The number of nitrogens with one attached hydrogen (secondary N) is 2. The van der Waals surface area contributed by atoms with Crippen molar-refractivity contribution in [2.24, 2.45) is 0 Å². The molecule has 118 valence electrons. The normalized spacial score (nSPS) is 11.9. The monoisotopic (exact) mass is 324 g/mol. The first-order valence-electron chi connectivity index (χ1n) is 6.86. The van der Waals surface area contributed by atoms with Crippen LogP contribution in [-0.2, 0) is 20.7 Å². The first-order valence-corrected chi connectivity index (χ1v) is 7.40. The molecule has 0 radical (unpaired) electrons. The maximum absolute atomic E-state index is 12.0. The predicted molar refractivity (Wildman–Crippen MR) is 82.8 cm³/mol. The van der Waals surface area contributed by atoms with E-state index in [9.17, 15) is 9.59 Å². The highest BCUT2D eigenvalue weighted by Gasteiger charge is 2.24. The third kappa shape index (κ3) is 3.92. The first kappa shape index (κ1) is 16.2. The molecule has 22 heavy (non-hydrogen) atoms. The molecule has 0 aliphatic carbocycles. The van der Waals surface area contributed by atoms with Gasteiger partial charge in [0.05, 0.1) is 6.61 Å². The van der Waals surface area contributed by atoms with Gasteiger partial charge in [-0.3, -0.25) is 0 Å². The van der Waals surface area contributed by atoms with E-state index in [2.05, 4.69) is 15.0 Å². The van der Waals surface area contributed by atoms with Gasteiger partial charge in [0.25, 0.3) is 0 Å². The molecule has 0 unspecified atom stereocenters. The van der Waals surface area contributed by atoms with Gasteiger partial charge in [0.15, 0.2) is 6.07 Å². The molecule has 1 amide bonds. The number of hydrogen-bond acceptors (Lipinski definition) is 4. The molecule has 0 fully saturated rings. The molecule has 0 bridgehead atoms. The van der Waals surface area contributed by atoms with E-state index in [0.29, 0.717) is 6.42 Å². The van der Waals surface area contributed by atoms with Gasteiger partial charge in [0.2, 0.25) is 0 Å². The van der Waals surface area contributed by atoms with Gasteiger partial charge in [-0.25, -0.2) is 9.59 Å². The maximum atomic E-state index is 12.0. The summed E-state index contributed by atoms with van der Waals surface area (Å²) in [6.45, 7) is 1.94. The standard InChI is InChI=1S/C15H17ClN2O4/c1-2-21-14(19)13(18-15(20)22-9-16)7-10-8-17-12-6-4-3-5-11(10)12/h3-6,8,13,17H,2,7,9H2,1H3,(H,18,20)/t13-/m0/s1. The van der Waals surface area contributed by atoms with Crippen LogP contribution in [0.4, 0.5) is 4.79 Å². The molecule has 6 nitrogen and oxygen atoms in total. The molecule has 0 saturated carbocycles. The van der Waals surface area contributed by atoms with Gasteiger partial charge in [0.1, 0.15) is 6.04 Å². The van der Waals surface area contributed by atoms with Gasteiger partial charge in [-0.05, 0) is 18.6 Å². The molecule has 1 heterocycles. The van der Waals surface area contributed by atoms with Crippen LogP contribution in [0.15, 0.2) is 30.5 Å². The number of alkyl carbamates (subject to hydrolysis) is 1. The zero-order chi connectivity index (χ0) is 15.9. The van der Waals surface area contributed by atoms with E-state index in [1.165, 1.54) is 0 Å².